The maximum atomic E-state index is 12.7. The van der Waals surface area contributed by atoms with Crippen molar-refractivity contribution in [2.75, 3.05) is 12.4 Å². The second-order valence-electron chi connectivity index (χ2n) is 5.80. The van der Waals surface area contributed by atoms with Crippen molar-refractivity contribution < 1.29 is 27.8 Å². The van der Waals surface area contributed by atoms with Gasteiger partial charge in [0.2, 0.25) is 5.91 Å². The van der Waals surface area contributed by atoms with E-state index in [9.17, 15) is 18.4 Å². The van der Waals surface area contributed by atoms with Crippen molar-refractivity contribution in [2.45, 2.75) is 19.6 Å². The van der Waals surface area contributed by atoms with E-state index in [0.717, 1.165) is 18.7 Å². The smallest absolute Gasteiger partial charge is 0.387 e. The molecule has 3 N–H and O–H groups in total. The number of halogens is 3. The van der Waals surface area contributed by atoms with Crippen LogP contribution >= 0.6 is 12.4 Å². The average molecular weight is 415 g/mol. The molecule has 1 amide bonds. The Balaban J connectivity index is 0.00000392. The number of benzene rings is 2. The van der Waals surface area contributed by atoms with Crippen LogP contribution in [0.4, 0.5) is 14.5 Å². The Kier molecular flexibility index (Phi) is 8.81. The summed E-state index contributed by atoms with van der Waals surface area (Å²) < 4.78 is 34.3. The van der Waals surface area contributed by atoms with Gasteiger partial charge in [0.05, 0.1) is 24.3 Å². The van der Waals surface area contributed by atoms with E-state index in [0.29, 0.717) is 0 Å². The van der Waals surface area contributed by atoms with Gasteiger partial charge in [-0.25, -0.2) is 4.79 Å². The topological polar surface area (TPSA) is 90.7 Å². The first-order valence-corrected chi connectivity index (χ1v) is 8.12. The number of hydrogen-bond acceptors (Lipinski definition) is 5. The molecule has 0 aromatic heterocycles. The number of nitrogens with one attached hydrogen (secondary N) is 1. The molecule has 152 valence electrons. The fourth-order valence-electron chi connectivity index (χ4n) is 2.44. The summed E-state index contributed by atoms with van der Waals surface area (Å²) in [6, 6.07) is 12.2. The number of methoxy groups -OCH3 is 1. The summed E-state index contributed by atoms with van der Waals surface area (Å²) in [5.74, 6) is -2.18. The lowest BCUT2D eigenvalue weighted by molar-refractivity contribution is -0.120. The maximum Gasteiger partial charge on any atom is 0.387 e. The fourth-order valence-corrected chi connectivity index (χ4v) is 2.44. The molecule has 0 heterocycles. The minimum absolute atomic E-state index is 0. The van der Waals surface area contributed by atoms with Gasteiger partial charge in [0.15, 0.2) is 0 Å². The van der Waals surface area contributed by atoms with Crippen molar-refractivity contribution in [2.24, 2.45) is 11.7 Å². The largest absolute Gasteiger partial charge is 0.465 e. The lowest BCUT2D eigenvalue weighted by Gasteiger charge is -2.21. The molecule has 6 nitrogen and oxygen atoms in total. The summed E-state index contributed by atoms with van der Waals surface area (Å²) in [6.07, 6.45) is 0. The van der Waals surface area contributed by atoms with Gasteiger partial charge in [0.25, 0.3) is 0 Å². The molecule has 0 bridgehead atoms. The fraction of sp³-hybridized carbons (Fsp3) is 0.263. The molecule has 0 aliphatic heterocycles. The highest BCUT2D eigenvalue weighted by Crippen LogP contribution is 2.29. The molecule has 9 heteroatoms. The standard InChI is InChI=1S/C19H20F2N2O4.ClH/c1-11(16(22)12-6-4-3-5-7-12)17(24)23-14-9-8-13(18(25)26-2)10-15(14)27-19(20)21;/h3-11,16,19H,22H2,1-2H3,(H,23,24);1H. The summed E-state index contributed by atoms with van der Waals surface area (Å²) >= 11 is 0. The first-order chi connectivity index (χ1) is 12.8. The van der Waals surface area contributed by atoms with Crippen molar-refractivity contribution in [3.63, 3.8) is 0 Å². The molecule has 2 atom stereocenters. The van der Waals surface area contributed by atoms with E-state index in [1.165, 1.54) is 12.1 Å². The van der Waals surface area contributed by atoms with E-state index in [1.54, 1.807) is 31.2 Å². The number of amides is 1. The zero-order valence-corrected chi connectivity index (χ0v) is 16.0. The molecule has 2 aromatic carbocycles. The minimum atomic E-state index is -3.13. The van der Waals surface area contributed by atoms with Crippen molar-refractivity contribution in [3.8, 4) is 5.75 Å². The Labute approximate surface area is 167 Å². The number of carbonyl (C=O) groups is 2. The van der Waals surface area contributed by atoms with Crippen LogP contribution in [0.2, 0.25) is 0 Å². The summed E-state index contributed by atoms with van der Waals surface area (Å²) in [6.45, 7) is -1.50. The quantitative estimate of drug-likeness (QED) is 0.673. The number of ether oxygens (including phenoxy) is 2. The second-order valence-corrected chi connectivity index (χ2v) is 5.80. The molecule has 2 aromatic rings. The maximum absolute atomic E-state index is 12.7. The highest BCUT2D eigenvalue weighted by atomic mass is 35.5. The zero-order chi connectivity index (χ0) is 20.0. The number of nitrogens with two attached hydrogens (primary N) is 1. The molecule has 0 fully saturated rings. The zero-order valence-electron chi connectivity index (χ0n) is 15.2. The van der Waals surface area contributed by atoms with Crippen LogP contribution in [0, 0.1) is 5.92 Å². The highest BCUT2D eigenvalue weighted by Gasteiger charge is 2.24. The van der Waals surface area contributed by atoms with Gasteiger partial charge in [0.1, 0.15) is 5.75 Å². The molecule has 2 rings (SSSR count). The summed E-state index contributed by atoms with van der Waals surface area (Å²) in [5, 5.41) is 2.52. The van der Waals surface area contributed by atoms with Crippen molar-refractivity contribution >= 4 is 30.0 Å². The molecule has 2 unspecified atom stereocenters. The molecular formula is C19H21ClF2N2O4. The predicted molar refractivity (Wildman–Crippen MR) is 103 cm³/mol. The van der Waals surface area contributed by atoms with Crippen LogP contribution in [0.5, 0.6) is 5.75 Å². The van der Waals surface area contributed by atoms with Crippen LogP contribution < -0.4 is 15.8 Å². The van der Waals surface area contributed by atoms with Gasteiger partial charge in [-0.2, -0.15) is 8.78 Å². The third-order valence-electron chi connectivity index (χ3n) is 4.01. The third kappa shape index (κ3) is 5.90. The molecule has 0 spiro atoms. The van der Waals surface area contributed by atoms with Gasteiger partial charge in [0, 0.05) is 6.04 Å². The molecular weight excluding hydrogens is 394 g/mol. The molecule has 0 aliphatic carbocycles. The van der Waals surface area contributed by atoms with Crippen LogP contribution in [-0.4, -0.2) is 25.6 Å². The Morgan fingerprint density at radius 3 is 2.32 bits per heavy atom. The van der Waals surface area contributed by atoms with E-state index < -0.39 is 30.4 Å². The first kappa shape index (κ1) is 23.3. The minimum Gasteiger partial charge on any atom is -0.465 e. The first-order valence-electron chi connectivity index (χ1n) is 8.12. The van der Waals surface area contributed by atoms with Gasteiger partial charge in [-0.05, 0) is 23.8 Å². The molecule has 0 radical (unpaired) electrons. The number of anilines is 1. The van der Waals surface area contributed by atoms with E-state index >= 15 is 0 Å². The molecule has 0 saturated heterocycles. The van der Waals surface area contributed by atoms with Gasteiger partial charge in [-0.3, -0.25) is 4.79 Å². The number of alkyl halides is 2. The van der Waals surface area contributed by atoms with Crippen LogP contribution in [-0.2, 0) is 9.53 Å². The third-order valence-corrected chi connectivity index (χ3v) is 4.01. The SMILES string of the molecule is COC(=O)c1ccc(NC(=O)C(C)C(N)c2ccccc2)c(OC(F)F)c1.Cl. The summed E-state index contributed by atoms with van der Waals surface area (Å²) in [4.78, 5) is 24.1. The Hall–Kier alpha value is -2.71. The lowest BCUT2D eigenvalue weighted by Crippen LogP contribution is -2.30. The van der Waals surface area contributed by atoms with Gasteiger partial charge >= 0.3 is 12.6 Å². The van der Waals surface area contributed by atoms with Crippen molar-refractivity contribution in [1.29, 1.82) is 0 Å². The number of carbonyl (C=O) groups excluding carboxylic acids is 2. The summed E-state index contributed by atoms with van der Waals surface area (Å²) in [5.41, 5.74) is 6.90. The normalized spacial score (nSPS) is 12.5. The monoisotopic (exact) mass is 414 g/mol. The molecule has 28 heavy (non-hydrogen) atoms. The Morgan fingerprint density at radius 2 is 1.75 bits per heavy atom. The number of rotatable bonds is 7. The average Bonchev–Trinajstić information content (AvgIpc) is 2.67. The Bertz CT molecular complexity index is 806. The Morgan fingerprint density at radius 1 is 1.11 bits per heavy atom. The lowest BCUT2D eigenvalue weighted by atomic mass is 9.94. The van der Waals surface area contributed by atoms with Gasteiger partial charge in [-0.1, -0.05) is 37.3 Å². The van der Waals surface area contributed by atoms with E-state index in [1.807, 2.05) is 6.07 Å². The van der Waals surface area contributed by atoms with Crippen LogP contribution in [0.15, 0.2) is 48.5 Å². The second kappa shape index (κ2) is 10.6. The van der Waals surface area contributed by atoms with E-state index in [-0.39, 0.29) is 29.4 Å². The van der Waals surface area contributed by atoms with Crippen LogP contribution in [0.3, 0.4) is 0 Å². The number of hydrogen-bond donors (Lipinski definition) is 2. The van der Waals surface area contributed by atoms with E-state index in [2.05, 4.69) is 14.8 Å². The van der Waals surface area contributed by atoms with Crippen molar-refractivity contribution in [1.82, 2.24) is 0 Å². The van der Waals surface area contributed by atoms with Crippen molar-refractivity contribution in [3.05, 3.63) is 59.7 Å². The van der Waals surface area contributed by atoms with Crippen LogP contribution in [0.1, 0.15) is 28.9 Å². The van der Waals surface area contributed by atoms with Crippen LogP contribution in [0.25, 0.3) is 0 Å². The summed E-state index contributed by atoms with van der Waals surface area (Å²) in [7, 11) is 1.16. The van der Waals surface area contributed by atoms with Gasteiger partial charge in [-0.15, -0.1) is 12.4 Å². The number of esters is 1. The molecule has 0 saturated carbocycles. The van der Waals surface area contributed by atoms with E-state index in [4.69, 9.17) is 5.73 Å². The molecule has 0 aliphatic rings. The van der Waals surface area contributed by atoms with Gasteiger partial charge < -0.3 is 20.5 Å². The highest BCUT2D eigenvalue weighted by molar-refractivity contribution is 5.96. The predicted octanol–water partition coefficient (Wildman–Crippen LogP) is 3.77.